The molecule has 5 nitrogen and oxygen atoms in total. The number of aromatic amines is 1. The molecule has 0 bridgehead atoms. The maximum Gasteiger partial charge on any atom is 0.138 e. The summed E-state index contributed by atoms with van der Waals surface area (Å²) in [5.41, 5.74) is 7.65. The second kappa shape index (κ2) is 3.63. The molecular formula is C8H8ClN5. The third kappa shape index (κ3) is 1.54. The quantitative estimate of drug-likeness (QED) is 0.443. The van der Waals surface area contributed by atoms with Crippen LogP contribution in [-0.4, -0.2) is 27.1 Å². The summed E-state index contributed by atoms with van der Waals surface area (Å²) in [4.78, 5) is 4.12. The van der Waals surface area contributed by atoms with Crippen LogP contribution in [0.2, 0.25) is 0 Å². The summed E-state index contributed by atoms with van der Waals surface area (Å²) in [5, 5.41) is 10.4. The zero-order valence-electron chi connectivity index (χ0n) is 7.24. The van der Waals surface area contributed by atoms with E-state index in [2.05, 4.69) is 20.4 Å². The minimum absolute atomic E-state index is 0.203. The molecule has 14 heavy (non-hydrogen) atoms. The molecule has 72 valence electrons. The zero-order chi connectivity index (χ0) is 9.97. The van der Waals surface area contributed by atoms with Gasteiger partial charge in [0.25, 0.3) is 0 Å². The molecule has 1 heterocycles. The SMILES string of the molecule is NC(CCl)=Nc1cccc2n[nH]nc12. The van der Waals surface area contributed by atoms with E-state index >= 15 is 0 Å². The van der Waals surface area contributed by atoms with Crippen molar-refractivity contribution in [3.05, 3.63) is 18.2 Å². The Morgan fingerprint density at radius 3 is 3.14 bits per heavy atom. The van der Waals surface area contributed by atoms with E-state index in [-0.39, 0.29) is 5.88 Å². The van der Waals surface area contributed by atoms with Crippen molar-refractivity contribution in [1.82, 2.24) is 15.4 Å². The fraction of sp³-hybridized carbons (Fsp3) is 0.125. The number of hydrogen-bond donors (Lipinski definition) is 2. The van der Waals surface area contributed by atoms with E-state index in [0.717, 1.165) is 5.52 Å². The molecular weight excluding hydrogens is 202 g/mol. The molecule has 2 aromatic rings. The Morgan fingerprint density at radius 2 is 2.36 bits per heavy atom. The van der Waals surface area contributed by atoms with Crippen LogP contribution < -0.4 is 5.73 Å². The molecule has 0 fully saturated rings. The Kier molecular flexibility index (Phi) is 2.32. The predicted molar refractivity (Wildman–Crippen MR) is 55.9 cm³/mol. The number of nitrogens with one attached hydrogen (secondary N) is 1. The van der Waals surface area contributed by atoms with Gasteiger partial charge in [-0.05, 0) is 12.1 Å². The van der Waals surface area contributed by atoms with E-state index in [9.17, 15) is 0 Å². The van der Waals surface area contributed by atoms with Crippen molar-refractivity contribution in [2.24, 2.45) is 10.7 Å². The van der Waals surface area contributed by atoms with E-state index in [1.165, 1.54) is 0 Å². The van der Waals surface area contributed by atoms with Crippen LogP contribution in [0.15, 0.2) is 23.2 Å². The molecule has 0 saturated heterocycles. The molecule has 0 unspecified atom stereocenters. The van der Waals surface area contributed by atoms with Gasteiger partial charge in [0.2, 0.25) is 0 Å². The molecule has 3 N–H and O–H groups in total. The molecule has 6 heteroatoms. The summed E-state index contributed by atoms with van der Waals surface area (Å²) in [6.07, 6.45) is 0. The van der Waals surface area contributed by atoms with Crippen LogP contribution in [-0.2, 0) is 0 Å². The molecule has 0 aliphatic heterocycles. The van der Waals surface area contributed by atoms with Gasteiger partial charge in [0.1, 0.15) is 16.9 Å². The second-order valence-electron chi connectivity index (χ2n) is 2.71. The van der Waals surface area contributed by atoms with Crippen LogP contribution in [0.5, 0.6) is 0 Å². The number of para-hydroxylation sites is 1. The largest absolute Gasteiger partial charge is 0.386 e. The number of alkyl halides is 1. The van der Waals surface area contributed by atoms with Gasteiger partial charge in [0.15, 0.2) is 0 Å². The van der Waals surface area contributed by atoms with E-state index in [1.807, 2.05) is 18.2 Å². The summed E-state index contributed by atoms with van der Waals surface area (Å²) in [6, 6.07) is 5.49. The predicted octanol–water partition coefficient (Wildman–Crippen LogP) is 1.19. The Morgan fingerprint density at radius 1 is 1.50 bits per heavy atom. The summed E-state index contributed by atoms with van der Waals surface area (Å²) in [6.45, 7) is 0. The highest BCUT2D eigenvalue weighted by molar-refractivity contribution is 6.28. The molecule has 0 amide bonds. The number of nitrogens with zero attached hydrogens (tertiary/aromatic N) is 3. The Hall–Kier alpha value is -1.62. The molecule has 0 atom stereocenters. The van der Waals surface area contributed by atoms with Gasteiger partial charge in [0, 0.05) is 0 Å². The molecule has 0 saturated carbocycles. The summed E-state index contributed by atoms with van der Waals surface area (Å²) in [5.74, 6) is 0.566. The van der Waals surface area contributed by atoms with Gasteiger partial charge >= 0.3 is 0 Å². The molecule has 2 rings (SSSR count). The smallest absolute Gasteiger partial charge is 0.138 e. The van der Waals surface area contributed by atoms with Gasteiger partial charge in [-0.15, -0.1) is 11.6 Å². The molecule has 0 radical (unpaired) electrons. The lowest BCUT2D eigenvalue weighted by molar-refractivity contribution is 0.959. The fourth-order valence-electron chi connectivity index (χ4n) is 1.13. The minimum atomic E-state index is 0.203. The van der Waals surface area contributed by atoms with Crippen LogP contribution in [0.3, 0.4) is 0 Å². The van der Waals surface area contributed by atoms with E-state index in [0.29, 0.717) is 17.0 Å². The number of aliphatic imine (C=N–C) groups is 1. The lowest BCUT2D eigenvalue weighted by atomic mass is 10.3. The van der Waals surface area contributed by atoms with Crippen LogP contribution >= 0.6 is 11.6 Å². The van der Waals surface area contributed by atoms with Gasteiger partial charge in [-0.3, -0.25) is 0 Å². The molecule has 0 aliphatic carbocycles. The first-order valence-electron chi connectivity index (χ1n) is 4.00. The topological polar surface area (TPSA) is 80.0 Å². The third-order valence-electron chi connectivity index (χ3n) is 1.73. The number of H-pyrrole nitrogens is 1. The van der Waals surface area contributed by atoms with Crippen molar-refractivity contribution in [1.29, 1.82) is 0 Å². The number of halogens is 1. The number of nitrogens with two attached hydrogens (primary N) is 1. The van der Waals surface area contributed by atoms with Crippen LogP contribution in [0, 0.1) is 0 Å². The highest BCUT2D eigenvalue weighted by atomic mass is 35.5. The maximum atomic E-state index is 5.53. The van der Waals surface area contributed by atoms with Gasteiger partial charge in [0.05, 0.1) is 11.6 Å². The average molecular weight is 210 g/mol. The van der Waals surface area contributed by atoms with Crippen LogP contribution in [0.25, 0.3) is 11.0 Å². The highest BCUT2D eigenvalue weighted by Crippen LogP contribution is 2.21. The van der Waals surface area contributed by atoms with Gasteiger partial charge in [-0.2, -0.15) is 15.4 Å². The van der Waals surface area contributed by atoms with Crippen molar-refractivity contribution in [3.63, 3.8) is 0 Å². The number of rotatable bonds is 2. The number of benzene rings is 1. The second-order valence-corrected chi connectivity index (χ2v) is 2.97. The summed E-state index contributed by atoms with van der Waals surface area (Å²) in [7, 11) is 0. The summed E-state index contributed by atoms with van der Waals surface area (Å²) < 4.78 is 0. The van der Waals surface area contributed by atoms with Gasteiger partial charge in [-0.1, -0.05) is 6.07 Å². The van der Waals surface area contributed by atoms with E-state index in [1.54, 1.807) is 0 Å². The average Bonchev–Trinajstić information content (AvgIpc) is 2.66. The molecule has 1 aromatic heterocycles. The van der Waals surface area contributed by atoms with E-state index < -0.39 is 0 Å². The first-order chi connectivity index (χ1) is 6.81. The Balaban J connectivity index is 2.56. The number of amidine groups is 1. The van der Waals surface area contributed by atoms with Crippen molar-refractivity contribution in [2.75, 3.05) is 5.88 Å². The van der Waals surface area contributed by atoms with Crippen molar-refractivity contribution in [3.8, 4) is 0 Å². The first-order valence-corrected chi connectivity index (χ1v) is 4.53. The number of hydrogen-bond acceptors (Lipinski definition) is 3. The van der Waals surface area contributed by atoms with Crippen LogP contribution in [0.4, 0.5) is 5.69 Å². The number of fused-ring (bicyclic) bond motifs is 1. The third-order valence-corrected chi connectivity index (χ3v) is 2.00. The van der Waals surface area contributed by atoms with Crippen molar-refractivity contribution in [2.45, 2.75) is 0 Å². The standard InChI is InChI=1S/C8H8ClN5/c9-4-7(10)11-5-2-1-3-6-8(5)13-14-12-6/h1-3H,4H2,(H2,10,11)(H,12,13,14). The normalized spacial score (nSPS) is 12.2. The number of aromatic nitrogens is 3. The Labute approximate surface area is 85.0 Å². The lowest BCUT2D eigenvalue weighted by Gasteiger charge is -1.95. The molecule has 0 aliphatic rings. The van der Waals surface area contributed by atoms with Crippen molar-refractivity contribution < 1.29 is 0 Å². The maximum absolute atomic E-state index is 5.53. The molecule has 0 spiro atoms. The van der Waals surface area contributed by atoms with Gasteiger partial charge < -0.3 is 5.73 Å². The first kappa shape index (κ1) is 8.96. The van der Waals surface area contributed by atoms with E-state index in [4.69, 9.17) is 17.3 Å². The summed E-state index contributed by atoms with van der Waals surface area (Å²) >= 11 is 5.53. The Bertz CT molecular complexity index is 475. The van der Waals surface area contributed by atoms with Crippen molar-refractivity contribution >= 4 is 34.2 Å². The zero-order valence-corrected chi connectivity index (χ0v) is 7.99. The minimum Gasteiger partial charge on any atom is -0.386 e. The molecule has 1 aromatic carbocycles. The highest BCUT2D eigenvalue weighted by Gasteiger charge is 2.03. The fourth-order valence-corrected chi connectivity index (χ4v) is 1.19. The monoisotopic (exact) mass is 209 g/mol. The van der Waals surface area contributed by atoms with Gasteiger partial charge in [-0.25, -0.2) is 4.99 Å². The van der Waals surface area contributed by atoms with Crippen LogP contribution in [0.1, 0.15) is 0 Å². The lowest BCUT2D eigenvalue weighted by Crippen LogP contribution is -2.12.